The summed E-state index contributed by atoms with van der Waals surface area (Å²) in [5.74, 6) is -5.96. The van der Waals surface area contributed by atoms with Crippen molar-refractivity contribution in [3.63, 3.8) is 0 Å². The average molecular weight is 522 g/mol. The van der Waals surface area contributed by atoms with Crippen molar-refractivity contribution in [2.24, 2.45) is 10.9 Å². The van der Waals surface area contributed by atoms with E-state index in [2.05, 4.69) is 15.6 Å². The van der Waals surface area contributed by atoms with E-state index >= 15 is 0 Å². The lowest BCUT2D eigenvalue weighted by molar-refractivity contribution is -0.128. The minimum atomic E-state index is -1.27. The lowest BCUT2D eigenvalue weighted by Crippen LogP contribution is -2.45. The second-order valence-corrected chi connectivity index (χ2v) is 9.58. The molecule has 0 aromatic heterocycles. The predicted molar refractivity (Wildman–Crippen MR) is 136 cm³/mol. The summed E-state index contributed by atoms with van der Waals surface area (Å²) in [7, 11) is 0. The number of nitrogens with zero attached hydrogens (tertiary/aromatic N) is 1. The third-order valence-corrected chi connectivity index (χ3v) is 7.23. The number of benzene rings is 3. The molecule has 3 aromatic rings. The fraction of sp³-hybridized carbons (Fsp3) is 0.276. The monoisotopic (exact) mass is 521 g/mol. The van der Waals surface area contributed by atoms with Crippen LogP contribution in [0, 0.1) is 23.4 Å². The van der Waals surface area contributed by atoms with Crippen molar-refractivity contribution in [3.8, 4) is 0 Å². The number of hydrogen-bond donors (Lipinski definition) is 3. The topological polar surface area (TPSA) is 90.8 Å². The molecule has 1 aliphatic carbocycles. The van der Waals surface area contributed by atoms with Gasteiger partial charge in [0.2, 0.25) is 12.1 Å². The molecule has 5 rings (SSSR count). The first-order chi connectivity index (χ1) is 18.4. The number of aliphatic hydroxyl groups excluding tert-OH is 1. The van der Waals surface area contributed by atoms with Gasteiger partial charge >= 0.3 is 0 Å². The van der Waals surface area contributed by atoms with Crippen molar-refractivity contribution in [3.05, 3.63) is 101 Å². The molecule has 2 aliphatic rings. The van der Waals surface area contributed by atoms with Crippen molar-refractivity contribution in [2.45, 2.75) is 37.3 Å². The number of rotatable bonds is 7. The Bertz CT molecular complexity index is 1390. The van der Waals surface area contributed by atoms with Gasteiger partial charge in [-0.05, 0) is 54.3 Å². The molecule has 0 spiro atoms. The molecule has 1 saturated carbocycles. The predicted octanol–water partition coefficient (Wildman–Crippen LogP) is 4.65. The molecular formula is C29H26F3N3O3. The highest BCUT2D eigenvalue weighted by molar-refractivity contribution is 6.13. The van der Waals surface area contributed by atoms with Crippen LogP contribution in [0.3, 0.4) is 0 Å². The Hall–Kier alpha value is -3.98. The zero-order valence-electron chi connectivity index (χ0n) is 20.3. The molecule has 196 valence electrons. The molecule has 9 heteroatoms. The number of carbonyl (C=O) groups excluding carboxylic acids is 2. The maximum atomic E-state index is 14.1. The van der Waals surface area contributed by atoms with Gasteiger partial charge in [0.25, 0.3) is 5.91 Å². The summed E-state index contributed by atoms with van der Waals surface area (Å²) >= 11 is 0. The van der Waals surface area contributed by atoms with Gasteiger partial charge in [-0.3, -0.25) is 14.6 Å². The normalized spacial score (nSPS) is 18.8. The standard InChI is InChI=1S/C29H26F3N3O3/c30-19-11-8-16(9-12-19)25(21(15-36)18-10-13-22(31)23(32)14-18)28(37)35-27-29(38)33-24-7-2-1-6-20(24)26(34-27)17-4-3-5-17/h1-2,6-14,17,21,25,27,36H,3-5,15H2,(H,33,38)(H,35,37)/t21-,25+,27?/m0/s1. The summed E-state index contributed by atoms with van der Waals surface area (Å²) in [6, 6.07) is 15.5. The largest absolute Gasteiger partial charge is 0.396 e. The lowest BCUT2D eigenvalue weighted by Gasteiger charge is -2.29. The van der Waals surface area contributed by atoms with Crippen molar-refractivity contribution < 1.29 is 27.9 Å². The highest BCUT2D eigenvalue weighted by Crippen LogP contribution is 2.36. The molecule has 1 unspecified atom stereocenters. The molecular weight excluding hydrogens is 495 g/mol. The molecule has 0 bridgehead atoms. The summed E-state index contributed by atoms with van der Waals surface area (Å²) in [6.45, 7) is -0.598. The van der Waals surface area contributed by atoms with Gasteiger partial charge in [0.15, 0.2) is 11.6 Å². The molecule has 3 aromatic carbocycles. The number of nitrogens with one attached hydrogen (secondary N) is 2. The van der Waals surface area contributed by atoms with Crippen LogP contribution in [0.2, 0.25) is 0 Å². The Morgan fingerprint density at radius 3 is 2.37 bits per heavy atom. The Labute approximate surface area is 217 Å². The summed E-state index contributed by atoms with van der Waals surface area (Å²) in [4.78, 5) is 31.6. The Morgan fingerprint density at radius 2 is 1.71 bits per heavy atom. The van der Waals surface area contributed by atoms with Crippen LogP contribution in [-0.4, -0.2) is 35.4 Å². The van der Waals surface area contributed by atoms with Crippen LogP contribution in [0.1, 0.15) is 47.8 Å². The number of halogens is 3. The van der Waals surface area contributed by atoms with Crippen molar-refractivity contribution in [2.75, 3.05) is 11.9 Å². The molecule has 2 amide bonds. The summed E-state index contributed by atoms with van der Waals surface area (Å²) in [5.41, 5.74) is 2.63. The van der Waals surface area contributed by atoms with Crippen LogP contribution < -0.4 is 10.6 Å². The van der Waals surface area contributed by atoms with Crippen LogP contribution in [-0.2, 0) is 9.59 Å². The zero-order chi connectivity index (χ0) is 26.8. The van der Waals surface area contributed by atoms with Gasteiger partial charge in [-0.25, -0.2) is 13.2 Å². The Balaban J connectivity index is 1.51. The van der Waals surface area contributed by atoms with Gasteiger partial charge in [-0.2, -0.15) is 0 Å². The number of hydrogen-bond acceptors (Lipinski definition) is 4. The zero-order valence-corrected chi connectivity index (χ0v) is 20.3. The third-order valence-electron chi connectivity index (χ3n) is 7.23. The number of carbonyl (C=O) groups is 2. The van der Waals surface area contributed by atoms with Gasteiger partial charge in [-0.1, -0.05) is 42.8 Å². The van der Waals surface area contributed by atoms with Gasteiger partial charge in [0.05, 0.1) is 18.2 Å². The Morgan fingerprint density at radius 1 is 1.00 bits per heavy atom. The Kier molecular flexibility index (Phi) is 7.28. The van der Waals surface area contributed by atoms with Crippen LogP contribution >= 0.6 is 0 Å². The number of aliphatic imine (C=N–C) groups is 1. The lowest BCUT2D eigenvalue weighted by atomic mass is 9.79. The summed E-state index contributed by atoms with van der Waals surface area (Å²) < 4.78 is 41.4. The second-order valence-electron chi connectivity index (χ2n) is 9.58. The van der Waals surface area contributed by atoms with E-state index < -0.39 is 53.9 Å². The average Bonchev–Trinajstić information content (AvgIpc) is 3.00. The van der Waals surface area contributed by atoms with Crippen molar-refractivity contribution in [1.82, 2.24) is 5.32 Å². The summed E-state index contributed by atoms with van der Waals surface area (Å²) in [5, 5.41) is 15.8. The number of aliphatic hydroxyl groups is 1. The highest BCUT2D eigenvalue weighted by atomic mass is 19.2. The quantitative estimate of drug-likeness (QED) is 0.423. The molecule has 6 nitrogen and oxygen atoms in total. The van der Waals surface area contributed by atoms with Gasteiger partial charge < -0.3 is 15.7 Å². The third kappa shape index (κ3) is 5.06. The second kappa shape index (κ2) is 10.8. The van der Waals surface area contributed by atoms with Crippen molar-refractivity contribution in [1.29, 1.82) is 0 Å². The molecule has 0 saturated heterocycles. The fourth-order valence-corrected chi connectivity index (χ4v) is 5.00. The highest BCUT2D eigenvalue weighted by Gasteiger charge is 2.36. The van der Waals surface area contributed by atoms with E-state index in [0.29, 0.717) is 11.3 Å². The number of para-hydroxylation sites is 1. The first-order valence-corrected chi connectivity index (χ1v) is 12.5. The molecule has 38 heavy (non-hydrogen) atoms. The molecule has 0 radical (unpaired) electrons. The van der Waals surface area contributed by atoms with E-state index in [4.69, 9.17) is 0 Å². The first-order valence-electron chi connectivity index (χ1n) is 12.5. The minimum absolute atomic E-state index is 0.156. The van der Waals surface area contributed by atoms with Crippen LogP contribution in [0.25, 0.3) is 0 Å². The fourth-order valence-electron chi connectivity index (χ4n) is 5.00. The van der Waals surface area contributed by atoms with Crippen LogP contribution in [0.15, 0.2) is 71.7 Å². The van der Waals surface area contributed by atoms with Crippen LogP contribution in [0.4, 0.5) is 18.9 Å². The van der Waals surface area contributed by atoms with E-state index in [1.807, 2.05) is 12.1 Å². The molecule has 1 heterocycles. The molecule has 3 N–H and O–H groups in total. The number of benzodiazepines with no additional fused rings is 1. The van der Waals surface area contributed by atoms with Gasteiger partial charge in [-0.15, -0.1) is 0 Å². The minimum Gasteiger partial charge on any atom is -0.396 e. The van der Waals surface area contributed by atoms with E-state index in [1.54, 1.807) is 12.1 Å². The molecule has 1 fully saturated rings. The maximum Gasteiger partial charge on any atom is 0.269 e. The SMILES string of the molecule is O=C1Nc2ccccc2C(C2CCC2)=NC1NC(=O)[C@H](c1ccc(F)cc1)[C@@H](CO)c1ccc(F)c(F)c1. The van der Waals surface area contributed by atoms with Crippen molar-refractivity contribution >= 4 is 23.2 Å². The number of amides is 2. The van der Waals surface area contributed by atoms with E-state index in [0.717, 1.165) is 54.8 Å². The number of anilines is 1. The first kappa shape index (κ1) is 25.7. The van der Waals surface area contributed by atoms with Gasteiger partial charge in [0, 0.05) is 23.1 Å². The maximum absolute atomic E-state index is 14.1. The van der Waals surface area contributed by atoms with E-state index in [-0.39, 0.29) is 11.5 Å². The van der Waals surface area contributed by atoms with E-state index in [1.165, 1.54) is 18.2 Å². The number of fused-ring (bicyclic) bond motifs is 1. The molecule has 1 aliphatic heterocycles. The smallest absolute Gasteiger partial charge is 0.269 e. The molecule has 3 atom stereocenters. The van der Waals surface area contributed by atoms with Crippen LogP contribution in [0.5, 0.6) is 0 Å². The van der Waals surface area contributed by atoms with E-state index in [9.17, 15) is 27.9 Å². The van der Waals surface area contributed by atoms with Gasteiger partial charge in [0.1, 0.15) is 5.82 Å². The summed E-state index contributed by atoms with van der Waals surface area (Å²) in [6.07, 6.45) is 1.62.